The minimum atomic E-state index is -0.396. The second-order valence-corrected chi connectivity index (χ2v) is 7.23. The van der Waals surface area contributed by atoms with E-state index in [0.717, 1.165) is 38.2 Å². The Hall–Kier alpha value is -2.08. The fourth-order valence-electron chi connectivity index (χ4n) is 3.76. The van der Waals surface area contributed by atoms with Crippen molar-refractivity contribution in [2.75, 3.05) is 6.54 Å². The van der Waals surface area contributed by atoms with Crippen LogP contribution >= 0.6 is 0 Å². The Balaban J connectivity index is 1.44. The van der Waals surface area contributed by atoms with Crippen molar-refractivity contribution in [1.29, 1.82) is 0 Å². The summed E-state index contributed by atoms with van der Waals surface area (Å²) in [6.07, 6.45) is 4.66. The summed E-state index contributed by atoms with van der Waals surface area (Å²) >= 11 is 0. The summed E-state index contributed by atoms with van der Waals surface area (Å²) in [7, 11) is 0. The zero-order valence-corrected chi connectivity index (χ0v) is 15.0. The fourth-order valence-corrected chi connectivity index (χ4v) is 3.76. The zero-order chi connectivity index (χ0) is 17.4. The van der Waals surface area contributed by atoms with E-state index in [4.69, 9.17) is 14.3 Å². The van der Waals surface area contributed by atoms with Crippen molar-refractivity contribution < 1.29 is 13.9 Å². The lowest BCUT2D eigenvalue weighted by molar-refractivity contribution is 0.0337. The summed E-state index contributed by atoms with van der Waals surface area (Å²) < 4.78 is 13.1. The molecule has 2 aromatic heterocycles. The van der Waals surface area contributed by atoms with Crippen molar-refractivity contribution in [3.05, 3.63) is 40.6 Å². The smallest absolute Gasteiger partial charge is 0.374 e. The van der Waals surface area contributed by atoms with Gasteiger partial charge < -0.3 is 9.15 Å². The Morgan fingerprint density at radius 3 is 2.96 bits per heavy atom. The molecular weight excluding hydrogens is 318 g/mol. The highest BCUT2D eigenvalue weighted by atomic mass is 16.6. The number of furan rings is 1. The first-order chi connectivity index (χ1) is 12.1. The van der Waals surface area contributed by atoms with Gasteiger partial charge >= 0.3 is 5.97 Å². The Morgan fingerprint density at radius 2 is 2.12 bits per heavy atom. The van der Waals surface area contributed by atoms with Gasteiger partial charge in [-0.05, 0) is 57.2 Å². The third-order valence-electron chi connectivity index (χ3n) is 4.93. The van der Waals surface area contributed by atoms with E-state index >= 15 is 0 Å². The Morgan fingerprint density at radius 1 is 1.28 bits per heavy atom. The normalized spacial score (nSPS) is 17.4. The SMILES string of the molecule is CC(C)OC(=O)c1ccc(CN2CCn3nc4c(c3C2)CCCC4)o1. The van der Waals surface area contributed by atoms with Gasteiger partial charge in [-0.1, -0.05) is 0 Å². The van der Waals surface area contributed by atoms with Gasteiger partial charge in [0.15, 0.2) is 0 Å². The molecule has 0 saturated carbocycles. The average Bonchev–Trinajstić information content (AvgIpc) is 3.19. The summed E-state index contributed by atoms with van der Waals surface area (Å²) in [6, 6.07) is 3.58. The van der Waals surface area contributed by atoms with Crippen molar-refractivity contribution in [2.24, 2.45) is 0 Å². The third kappa shape index (κ3) is 3.35. The van der Waals surface area contributed by atoms with Crippen LogP contribution in [0.2, 0.25) is 0 Å². The van der Waals surface area contributed by atoms with Crippen LogP contribution in [0.1, 0.15) is 60.0 Å². The van der Waals surface area contributed by atoms with Crippen molar-refractivity contribution >= 4 is 5.97 Å². The number of fused-ring (bicyclic) bond motifs is 3. The molecule has 2 aliphatic rings. The number of rotatable bonds is 4. The summed E-state index contributed by atoms with van der Waals surface area (Å²) in [5.74, 6) is 0.688. The van der Waals surface area contributed by atoms with E-state index in [2.05, 4.69) is 9.58 Å². The molecule has 2 aromatic rings. The van der Waals surface area contributed by atoms with Crippen LogP contribution in [-0.2, 0) is 37.2 Å². The maximum atomic E-state index is 11.9. The predicted octanol–water partition coefficient (Wildman–Crippen LogP) is 2.94. The van der Waals surface area contributed by atoms with Crippen molar-refractivity contribution in [1.82, 2.24) is 14.7 Å². The number of carbonyl (C=O) groups excluding carboxylic acids is 1. The van der Waals surface area contributed by atoms with Crippen LogP contribution in [0.15, 0.2) is 16.5 Å². The molecule has 0 spiro atoms. The molecular formula is C19H25N3O3. The largest absolute Gasteiger partial charge is 0.457 e. The van der Waals surface area contributed by atoms with E-state index in [1.807, 2.05) is 19.9 Å². The molecule has 0 fully saturated rings. The number of nitrogens with zero attached hydrogens (tertiary/aromatic N) is 3. The second kappa shape index (κ2) is 6.67. The second-order valence-electron chi connectivity index (χ2n) is 7.23. The van der Waals surface area contributed by atoms with E-state index in [-0.39, 0.29) is 11.9 Å². The first-order valence-electron chi connectivity index (χ1n) is 9.19. The van der Waals surface area contributed by atoms with E-state index in [9.17, 15) is 4.79 Å². The number of ether oxygens (including phenoxy) is 1. The monoisotopic (exact) mass is 343 g/mol. The lowest BCUT2D eigenvalue weighted by Gasteiger charge is -2.27. The van der Waals surface area contributed by atoms with Crippen LogP contribution in [-0.4, -0.2) is 33.3 Å². The summed E-state index contributed by atoms with van der Waals surface area (Å²) in [5, 5.41) is 4.79. The van der Waals surface area contributed by atoms with Gasteiger partial charge in [0.05, 0.1) is 30.6 Å². The van der Waals surface area contributed by atoms with Crippen molar-refractivity contribution in [3.63, 3.8) is 0 Å². The highest BCUT2D eigenvalue weighted by molar-refractivity contribution is 5.86. The van der Waals surface area contributed by atoms with Crippen LogP contribution in [0.5, 0.6) is 0 Å². The summed E-state index contributed by atoms with van der Waals surface area (Å²) in [6.45, 7) is 7.13. The van der Waals surface area contributed by atoms with E-state index in [0.29, 0.717) is 6.54 Å². The molecule has 0 N–H and O–H groups in total. The number of aromatic nitrogens is 2. The number of esters is 1. The molecule has 1 aliphatic carbocycles. The molecule has 3 heterocycles. The molecule has 0 amide bonds. The van der Waals surface area contributed by atoms with Crippen LogP contribution < -0.4 is 0 Å². The van der Waals surface area contributed by atoms with Gasteiger partial charge in [0.1, 0.15) is 5.76 Å². The summed E-state index contributed by atoms with van der Waals surface area (Å²) in [4.78, 5) is 14.3. The van der Waals surface area contributed by atoms with E-state index in [1.165, 1.54) is 29.8 Å². The molecule has 6 nitrogen and oxygen atoms in total. The predicted molar refractivity (Wildman–Crippen MR) is 92.2 cm³/mol. The number of hydrogen-bond acceptors (Lipinski definition) is 5. The first kappa shape index (κ1) is 16.4. The highest BCUT2D eigenvalue weighted by Crippen LogP contribution is 2.27. The lowest BCUT2D eigenvalue weighted by Crippen LogP contribution is -2.33. The van der Waals surface area contributed by atoms with Gasteiger partial charge in [-0.2, -0.15) is 5.10 Å². The minimum absolute atomic E-state index is 0.144. The molecule has 134 valence electrons. The Kier molecular flexibility index (Phi) is 4.37. The number of aryl methyl sites for hydroxylation is 1. The molecule has 0 radical (unpaired) electrons. The van der Waals surface area contributed by atoms with E-state index in [1.54, 1.807) is 6.07 Å². The maximum absolute atomic E-state index is 11.9. The Bertz CT molecular complexity index is 775. The third-order valence-corrected chi connectivity index (χ3v) is 4.93. The number of carbonyl (C=O) groups is 1. The van der Waals surface area contributed by atoms with Crippen LogP contribution in [0.3, 0.4) is 0 Å². The number of hydrogen-bond donors (Lipinski definition) is 0. The van der Waals surface area contributed by atoms with Gasteiger partial charge in [0, 0.05) is 13.1 Å². The quantitative estimate of drug-likeness (QED) is 0.799. The molecule has 0 atom stereocenters. The standard InChI is InChI=1S/C19H25N3O3/c1-13(2)24-19(23)18-8-7-14(25-18)11-21-9-10-22-17(12-21)15-5-3-4-6-16(15)20-22/h7-8,13H,3-6,9-12H2,1-2H3. The van der Waals surface area contributed by atoms with Crippen molar-refractivity contribution in [2.45, 2.75) is 65.3 Å². The summed E-state index contributed by atoms with van der Waals surface area (Å²) in [5.41, 5.74) is 4.14. The van der Waals surface area contributed by atoms with E-state index < -0.39 is 5.97 Å². The van der Waals surface area contributed by atoms with Gasteiger partial charge in [-0.15, -0.1) is 0 Å². The zero-order valence-electron chi connectivity index (χ0n) is 15.0. The van der Waals surface area contributed by atoms with Gasteiger partial charge in [0.25, 0.3) is 0 Å². The first-order valence-corrected chi connectivity index (χ1v) is 9.19. The highest BCUT2D eigenvalue weighted by Gasteiger charge is 2.26. The van der Waals surface area contributed by atoms with Crippen LogP contribution in [0.4, 0.5) is 0 Å². The maximum Gasteiger partial charge on any atom is 0.374 e. The molecule has 25 heavy (non-hydrogen) atoms. The fraction of sp³-hybridized carbons (Fsp3) is 0.579. The molecule has 0 saturated heterocycles. The molecule has 4 rings (SSSR count). The molecule has 6 heteroatoms. The van der Waals surface area contributed by atoms with Crippen molar-refractivity contribution in [3.8, 4) is 0 Å². The van der Waals surface area contributed by atoms with Gasteiger partial charge in [-0.3, -0.25) is 9.58 Å². The molecule has 1 aliphatic heterocycles. The van der Waals surface area contributed by atoms with Crippen LogP contribution in [0.25, 0.3) is 0 Å². The van der Waals surface area contributed by atoms with Crippen LogP contribution in [0, 0.1) is 0 Å². The molecule has 0 unspecified atom stereocenters. The minimum Gasteiger partial charge on any atom is -0.457 e. The van der Waals surface area contributed by atoms with Gasteiger partial charge in [0.2, 0.25) is 5.76 Å². The topological polar surface area (TPSA) is 60.5 Å². The average molecular weight is 343 g/mol. The van der Waals surface area contributed by atoms with Gasteiger partial charge in [-0.25, -0.2) is 4.79 Å². The Labute approximate surface area is 147 Å². The molecule has 0 aromatic carbocycles. The molecule has 0 bridgehead atoms. The lowest BCUT2D eigenvalue weighted by atomic mass is 9.95.